The van der Waals surface area contributed by atoms with E-state index < -0.39 is 68.7 Å². The van der Waals surface area contributed by atoms with Gasteiger partial charge in [0.1, 0.15) is 50.9 Å². The minimum atomic E-state index is -3.92. The third-order valence-electron chi connectivity index (χ3n) is 12.2. The van der Waals surface area contributed by atoms with Crippen LogP contribution in [0.1, 0.15) is 82.2 Å². The number of benzene rings is 1. The highest BCUT2D eigenvalue weighted by atomic mass is 35.5. The van der Waals surface area contributed by atoms with Crippen LogP contribution in [0.15, 0.2) is 35.7 Å². The summed E-state index contributed by atoms with van der Waals surface area (Å²) in [7, 11) is 0.751. The number of thiazole rings is 1. The Balaban J connectivity index is 1.13. The monoisotopic (exact) mass is 897 g/mol. The molecule has 8 rings (SSSR count). The van der Waals surface area contributed by atoms with Crippen LogP contribution in [0.4, 0.5) is 4.79 Å². The van der Waals surface area contributed by atoms with Crippen molar-refractivity contribution in [3.05, 3.63) is 46.4 Å². The number of halogens is 1. The Morgan fingerprint density at radius 2 is 1.89 bits per heavy atom. The third kappa shape index (κ3) is 9.32. The lowest BCUT2D eigenvalue weighted by atomic mass is 10.0. The number of aromatic nitrogens is 2. The van der Waals surface area contributed by atoms with Crippen LogP contribution in [0.2, 0.25) is 5.02 Å². The standard InChI is InChI=1S/C42H52ClN7O9S2/c1-49(17-18-57-2)41(54)46-29-10-8-6-4-5-7-9-25-21-42(25,40(53)48-61(55,56)27-13-14-27)47-37(51)32-19-26(22-50(32)39(29)52)59-34-20-30(38-45-31(23-60-38)24-11-12-24)44-36-28(34)15-16-33(58-3)35(36)43/h7,9,15-16,20,23-27,29,32H,4-6,8,10-14,17-19,21-22H2,1-3H3,(H,46,54)(H,47,51)(H,48,53)/b9-7+/t25-,26-,29+,32+,42-/m1/s1. The lowest BCUT2D eigenvalue weighted by Crippen LogP contribution is -2.58. The molecule has 3 N–H and O–H groups in total. The molecule has 1 saturated heterocycles. The van der Waals surface area contributed by atoms with Gasteiger partial charge in [-0.05, 0) is 63.5 Å². The molecule has 0 unspecified atom stereocenters. The van der Waals surface area contributed by atoms with E-state index in [4.69, 9.17) is 35.8 Å². The lowest BCUT2D eigenvalue weighted by molar-refractivity contribution is -0.141. The maximum absolute atomic E-state index is 14.8. The molecule has 2 aromatic heterocycles. The first-order chi connectivity index (χ1) is 29.3. The summed E-state index contributed by atoms with van der Waals surface area (Å²) in [6, 6.07) is 2.71. The quantitative estimate of drug-likeness (QED) is 0.209. The Bertz CT molecular complexity index is 2340. The van der Waals surface area contributed by atoms with E-state index >= 15 is 0 Å². The van der Waals surface area contributed by atoms with Gasteiger partial charge in [-0.3, -0.25) is 19.1 Å². The molecular weight excluding hydrogens is 846 g/mol. The zero-order valence-corrected chi connectivity index (χ0v) is 36.9. The molecule has 0 spiro atoms. The molecule has 19 heteroatoms. The van der Waals surface area contributed by atoms with Gasteiger partial charge in [0.2, 0.25) is 21.8 Å². The molecule has 61 heavy (non-hydrogen) atoms. The predicted molar refractivity (Wildman–Crippen MR) is 229 cm³/mol. The molecule has 4 heterocycles. The highest BCUT2D eigenvalue weighted by molar-refractivity contribution is 7.91. The molecule has 0 radical (unpaired) electrons. The van der Waals surface area contributed by atoms with Crippen LogP contribution < -0.4 is 24.8 Å². The second-order valence-electron chi connectivity index (χ2n) is 16.7. The van der Waals surface area contributed by atoms with Crippen LogP contribution in [-0.4, -0.2) is 122 Å². The van der Waals surface area contributed by atoms with Gasteiger partial charge in [-0.15, -0.1) is 11.3 Å². The largest absolute Gasteiger partial charge is 0.495 e. The van der Waals surface area contributed by atoms with Gasteiger partial charge in [-0.2, -0.15) is 0 Å². The first-order valence-corrected chi connectivity index (χ1v) is 23.8. The van der Waals surface area contributed by atoms with Crippen molar-refractivity contribution in [2.75, 3.05) is 41.0 Å². The van der Waals surface area contributed by atoms with E-state index in [0.29, 0.717) is 84.3 Å². The van der Waals surface area contributed by atoms with Gasteiger partial charge >= 0.3 is 6.03 Å². The number of nitrogens with zero attached hydrogens (tertiary/aromatic N) is 4. The van der Waals surface area contributed by atoms with Crippen molar-refractivity contribution in [1.29, 1.82) is 0 Å². The number of methoxy groups -OCH3 is 2. The van der Waals surface area contributed by atoms with Gasteiger partial charge in [0, 0.05) is 55.8 Å². The number of rotatable bonds is 12. The molecule has 2 aliphatic heterocycles. The smallest absolute Gasteiger partial charge is 0.317 e. The van der Waals surface area contributed by atoms with E-state index in [1.54, 1.807) is 25.2 Å². The van der Waals surface area contributed by atoms with Crippen molar-refractivity contribution in [2.24, 2.45) is 5.92 Å². The molecule has 1 aromatic carbocycles. The average Bonchev–Trinajstić information content (AvgIpc) is 4.20. The molecule has 3 saturated carbocycles. The van der Waals surface area contributed by atoms with E-state index in [2.05, 4.69) is 15.4 Å². The van der Waals surface area contributed by atoms with Crippen LogP contribution in [0.25, 0.3) is 21.6 Å². The highest BCUT2D eigenvalue weighted by Gasteiger charge is 2.62. The van der Waals surface area contributed by atoms with Crippen LogP contribution >= 0.6 is 22.9 Å². The lowest BCUT2D eigenvalue weighted by Gasteiger charge is -2.30. The minimum absolute atomic E-state index is 0.0245. The summed E-state index contributed by atoms with van der Waals surface area (Å²) < 4.78 is 45.6. The van der Waals surface area contributed by atoms with Gasteiger partial charge < -0.3 is 34.6 Å². The Labute approximate surface area is 364 Å². The van der Waals surface area contributed by atoms with Gasteiger partial charge in [-0.25, -0.2) is 23.2 Å². The van der Waals surface area contributed by atoms with Crippen molar-refractivity contribution in [3.63, 3.8) is 0 Å². The normalized spacial score (nSPS) is 26.3. The second kappa shape index (κ2) is 17.7. The summed E-state index contributed by atoms with van der Waals surface area (Å²) >= 11 is 8.34. The molecule has 4 fully saturated rings. The van der Waals surface area contributed by atoms with E-state index in [1.165, 1.54) is 35.4 Å². The number of nitrogens with one attached hydrogen (secondary N) is 3. The van der Waals surface area contributed by atoms with Crippen molar-refractivity contribution in [3.8, 4) is 22.2 Å². The summed E-state index contributed by atoms with van der Waals surface area (Å²) in [4.78, 5) is 69.4. The predicted octanol–water partition coefficient (Wildman–Crippen LogP) is 4.91. The molecule has 5 amide bonds. The SMILES string of the molecule is COCCN(C)C(=O)N[C@H]1CCCCC/C=C/[C@@H]2C[C@@]2(C(=O)NS(=O)(=O)C2CC2)NC(=O)[C@@H]2C[C@@H](Oc3cc(-c4nc(C5CC5)cs4)nc4c(Cl)c(OC)ccc34)CN2C1=O. The Morgan fingerprint density at radius 1 is 1.08 bits per heavy atom. The fraction of sp³-hybridized carbons (Fsp3) is 0.571. The number of likely N-dealkylation sites (N-methyl/N-ethyl adjacent to an activating group) is 1. The van der Waals surface area contributed by atoms with Gasteiger partial charge in [0.05, 0.1) is 36.7 Å². The Kier molecular flexibility index (Phi) is 12.5. The van der Waals surface area contributed by atoms with Crippen LogP contribution in [0.5, 0.6) is 11.5 Å². The summed E-state index contributed by atoms with van der Waals surface area (Å²) in [6.07, 6.45) is 9.60. The second-order valence-corrected chi connectivity index (χ2v) is 19.9. The summed E-state index contributed by atoms with van der Waals surface area (Å²) in [5, 5.41) is 8.78. The van der Waals surface area contributed by atoms with E-state index in [9.17, 15) is 27.6 Å². The van der Waals surface area contributed by atoms with Crippen LogP contribution in [-0.2, 0) is 29.1 Å². The number of carbonyl (C=O) groups excluding carboxylic acids is 4. The zero-order valence-electron chi connectivity index (χ0n) is 34.5. The third-order valence-corrected chi connectivity index (χ3v) is 15.3. The van der Waals surface area contributed by atoms with Gasteiger partial charge in [0.25, 0.3) is 5.91 Å². The van der Waals surface area contributed by atoms with E-state index in [-0.39, 0.29) is 24.4 Å². The average molecular weight is 899 g/mol. The number of urea groups is 1. The topological polar surface area (TPSA) is 198 Å². The maximum atomic E-state index is 14.8. The highest BCUT2D eigenvalue weighted by Crippen LogP contribution is 2.47. The first kappa shape index (κ1) is 43.1. The van der Waals surface area contributed by atoms with Gasteiger partial charge in [-0.1, -0.05) is 36.6 Å². The van der Waals surface area contributed by atoms with Crippen molar-refractivity contribution < 1.29 is 41.8 Å². The fourth-order valence-electron chi connectivity index (χ4n) is 8.16. The summed E-state index contributed by atoms with van der Waals surface area (Å²) in [5.74, 6) is -1.08. The maximum Gasteiger partial charge on any atom is 0.317 e. The Morgan fingerprint density at radius 3 is 2.62 bits per heavy atom. The van der Waals surface area contributed by atoms with Gasteiger partial charge in [0.15, 0.2) is 0 Å². The zero-order chi connectivity index (χ0) is 43.1. The van der Waals surface area contributed by atoms with E-state index in [0.717, 1.165) is 31.4 Å². The number of carbonyl (C=O) groups is 4. The van der Waals surface area contributed by atoms with Crippen LogP contribution in [0, 0.1) is 5.92 Å². The van der Waals surface area contributed by atoms with Crippen molar-refractivity contribution in [2.45, 2.75) is 106 Å². The fourth-order valence-corrected chi connectivity index (χ4v) is 10.7. The van der Waals surface area contributed by atoms with Crippen molar-refractivity contribution in [1.82, 2.24) is 35.1 Å². The number of hydrogen-bond acceptors (Lipinski definition) is 12. The number of pyridine rings is 1. The molecule has 3 aromatic rings. The minimum Gasteiger partial charge on any atom is -0.495 e. The number of ether oxygens (including phenoxy) is 3. The van der Waals surface area contributed by atoms with E-state index in [1.807, 2.05) is 17.5 Å². The number of hydrogen-bond donors (Lipinski definition) is 3. The Hall–Kier alpha value is -4.52. The molecule has 3 aliphatic carbocycles. The van der Waals surface area contributed by atoms with Crippen molar-refractivity contribution >= 4 is 67.6 Å². The number of allylic oxidation sites excluding steroid dienone is 1. The number of fused-ring (bicyclic) bond motifs is 3. The molecule has 16 nitrogen and oxygen atoms in total. The molecular formula is C42H52ClN7O9S2. The molecule has 5 atom stereocenters. The molecule has 0 bridgehead atoms. The first-order valence-electron chi connectivity index (χ1n) is 21.0. The number of sulfonamides is 1. The number of amides is 5. The summed E-state index contributed by atoms with van der Waals surface area (Å²) in [5.41, 5.74) is 0.460. The molecule has 5 aliphatic rings. The van der Waals surface area contributed by atoms with Crippen LogP contribution in [0.3, 0.4) is 0 Å². The molecule has 328 valence electrons. The summed E-state index contributed by atoms with van der Waals surface area (Å²) in [6.45, 7) is 0.561.